The van der Waals surface area contributed by atoms with Crippen molar-refractivity contribution < 1.29 is 28.1 Å². The van der Waals surface area contributed by atoms with Crippen LogP contribution in [0.25, 0.3) is 10.9 Å². The lowest BCUT2D eigenvalue weighted by molar-refractivity contribution is 0.0272. The fraction of sp³-hybridized carbons (Fsp3) is 0.414. The van der Waals surface area contributed by atoms with Crippen molar-refractivity contribution in [2.45, 2.75) is 38.3 Å². The molecule has 1 atom stereocenters. The number of nitrogens with zero attached hydrogens (tertiary/aromatic N) is 2. The molecule has 3 aromatic rings. The molecule has 0 aliphatic carbocycles. The van der Waals surface area contributed by atoms with Crippen molar-refractivity contribution >= 4 is 10.9 Å². The van der Waals surface area contributed by atoms with Crippen LogP contribution < -0.4 is 10.5 Å². The molecule has 6 nitrogen and oxygen atoms in total. The van der Waals surface area contributed by atoms with Crippen LogP contribution in [-0.2, 0) is 6.54 Å². The van der Waals surface area contributed by atoms with Crippen LogP contribution in [0.1, 0.15) is 48.5 Å². The third-order valence-electron chi connectivity index (χ3n) is 7.47. The largest absolute Gasteiger partial charge is 0.497 e. The maximum absolute atomic E-state index is 13.4. The van der Waals surface area contributed by atoms with Gasteiger partial charge in [0.15, 0.2) is 17.5 Å². The molecule has 2 heterocycles. The fourth-order valence-electron chi connectivity index (χ4n) is 5.06. The van der Waals surface area contributed by atoms with Gasteiger partial charge >= 0.3 is 0 Å². The number of nitrogens with two attached hydrogens (primary N) is 1. The number of aliphatic hydroxyl groups is 2. The molecule has 202 valence electrons. The lowest BCUT2D eigenvalue weighted by Gasteiger charge is -2.40. The summed E-state index contributed by atoms with van der Waals surface area (Å²) >= 11 is 0. The minimum Gasteiger partial charge on any atom is -0.497 e. The summed E-state index contributed by atoms with van der Waals surface area (Å²) in [6, 6.07) is 7.28. The molecular weight excluding hydrogens is 495 g/mol. The molecule has 0 spiro atoms. The molecule has 1 aliphatic rings. The molecule has 1 fully saturated rings. The van der Waals surface area contributed by atoms with Gasteiger partial charge in [0, 0.05) is 30.3 Å². The Morgan fingerprint density at radius 1 is 1.16 bits per heavy atom. The van der Waals surface area contributed by atoms with E-state index in [4.69, 9.17) is 10.5 Å². The summed E-state index contributed by atoms with van der Waals surface area (Å²) in [6.07, 6.45) is 3.42. The number of benzene rings is 2. The molecule has 2 aromatic carbocycles. The van der Waals surface area contributed by atoms with E-state index < -0.39 is 23.6 Å². The number of rotatable bonds is 8. The summed E-state index contributed by atoms with van der Waals surface area (Å²) < 4.78 is 45.3. The van der Waals surface area contributed by atoms with Gasteiger partial charge in [-0.1, -0.05) is 11.8 Å². The Balaban J connectivity index is 1.39. The highest BCUT2D eigenvalue weighted by molar-refractivity contribution is 5.85. The smallest absolute Gasteiger partial charge is 0.194 e. The van der Waals surface area contributed by atoms with Crippen molar-refractivity contribution in [3.8, 4) is 17.6 Å². The number of halogens is 3. The Morgan fingerprint density at radius 2 is 1.87 bits per heavy atom. The summed E-state index contributed by atoms with van der Waals surface area (Å²) in [5.74, 6) is 2.20. The predicted molar refractivity (Wildman–Crippen MR) is 139 cm³/mol. The summed E-state index contributed by atoms with van der Waals surface area (Å²) in [7, 11) is 1.59. The number of hydrogen-bond acceptors (Lipinski definition) is 6. The predicted octanol–water partition coefficient (Wildman–Crippen LogP) is 4.06. The van der Waals surface area contributed by atoms with Crippen molar-refractivity contribution in [1.82, 2.24) is 9.88 Å². The van der Waals surface area contributed by atoms with Gasteiger partial charge < -0.3 is 20.7 Å². The zero-order valence-corrected chi connectivity index (χ0v) is 21.3. The number of aliphatic hydroxyl groups excluding tert-OH is 2. The Hall–Kier alpha value is -3.16. The van der Waals surface area contributed by atoms with E-state index in [-0.39, 0.29) is 24.1 Å². The second-order valence-corrected chi connectivity index (χ2v) is 9.83. The lowest BCUT2D eigenvalue weighted by atomic mass is 9.74. The Bertz CT molecular complexity index is 1320. The number of hydrogen-bond donors (Lipinski definition) is 3. The van der Waals surface area contributed by atoms with Crippen LogP contribution in [-0.4, -0.2) is 53.4 Å². The molecule has 0 amide bonds. The molecule has 4 rings (SSSR count). The van der Waals surface area contributed by atoms with Crippen LogP contribution in [0.2, 0.25) is 0 Å². The van der Waals surface area contributed by atoms with Crippen LogP contribution in [0.5, 0.6) is 5.75 Å². The highest BCUT2D eigenvalue weighted by Gasteiger charge is 2.34. The van der Waals surface area contributed by atoms with Crippen molar-refractivity contribution in [2.75, 3.05) is 33.4 Å². The second kappa shape index (κ2) is 12.1. The van der Waals surface area contributed by atoms with Gasteiger partial charge in [-0.3, -0.25) is 9.88 Å². The van der Waals surface area contributed by atoms with Gasteiger partial charge in [0.05, 0.1) is 25.3 Å². The maximum Gasteiger partial charge on any atom is 0.194 e. The monoisotopic (exact) mass is 527 g/mol. The number of fused-ring (bicyclic) bond motifs is 1. The zero-order chi connectivity index (χ0) is 27.3. The van der Waals surface area contributed by atoms with Crippen LogP contribution in [0, 0.1) is 34.7 Å². The Morgan fingerprint density at radius 3 is 2.50 bits per heavy atom. The molecule has 1 aliphatic heterocycles. The van der Waals surface area contributed by atoms with Crippen molar-refractivity contribution in [2.24, 2.45) is 11.1 Å². The third kappa shape index (κ3) is 6.11. The summed E-state index contributed by atoms with van der Waals surface area (Å²) in [4.78, 5) is 6.56. The molecular formula is C29H32F3N3O3. The van der Waals surface area contributed by atoms with Crippen LogP contribution in [0.3, 0.4) is 0 Å². The van der Waals surface area contributed by atoms with E-state index in [0.29, 0.717) is 51.1 Å². The standard InChI is InChI=1S/C29H32F3N3O3/c1-38-21-4-5-25-22(15-21)27(20(16-33)17-34-25)26(37)6-7-29(18-36)8-11-35(12-9-29)10-2-3-19-13-23(30)28(32)24(31)14-19/h4-5,13-15,17,26,36-37H,6-12,16,18,33H2,1H3. The molecule has 1 aromatic heterocycles. The zero-order valence-electron chi connectivity index (χ0n) is 21.3. The quantitative estimate of drug-likeness (QED) is 0.302. The van der Waals surface area contributed by atoms with Gasteiger partial charge in [0.25, 0.3) is 0 Å². The average molecular weight is 528 g/mol. The first-order valence-electron chi connectivity index (χ1n) is 12.6. The topological polar surface area (TPSA) is 91.8 Å². The summed E-state index contributed by atoms with van der Waals surface area (Å²) in [6.45, 7) is 1.99. The first kappa shape index (κ1) is 27.9. The molecule has 0 bridgehead atoms. The van der Waals surface area contributed by atoms with Crippen LogP contribution in [0.4, 0.5) is 13.2 Å². The SMILES string of the molecule is COc1ccc2ncc(CN)c(C(O)CCC3(CO)CCN(CC#Cc4cc(F)c(F)c(F)c4)CC3)c2c1. The van der Waals surface area contributed by atoms with E-state index in [0.717, 1.165) is 34.2 Å². The summed E-state index contributed by atoms with van der Waals surface area (Å²) in [5.41, 5.74) is 7.96. The van der Waals surface area contributed by atoms with Crippen LogP contribution >= 0.6 is 0 Å². The van der Waals surface area contributed by atoms with Crippen molar-refractivity contribution in [3.05, 3.63) is 70.7 Å². The molecule has 1 saturated heterocycles. The van der Waals surface area contributed by atoms with E-state index in [2.05, 4.69) is 21.7 Å². The van der Waals surface area contributed by atoms with Gasteiger partial charge in [-0.2, -0.15) is 0 Å². The van der Waals surface area contributed by atoms with Gasteiger partial charge in [-0.25, -0.2) is 13.2 Å². The summed E-state index contributed by atoms with van der Waals surface area (Å²) in [5, 5.41) is 22.3. The maximum atomic E-state index is 13.4. The minimum atomic E-state index is -1.51. The first-order valence-corrected chi connectivity index (χ1v) is 12.6. The molecule has 0 radical (unpaired) electrons. The van der Waals surface area contributed by atoms with Gasteiger partial charge in [0.2, 0.25) is 0 Å². The Kier molecular flexibility index (Phi) is 8.90. The first-order chi connectivity index (χ1) is 18.3. The van der Waals surface area contributed by atoms with E-state index in [1.54, 1.807) is 13.3 Å². The highest BCUT2D eigenvalue weighted by Crippen LogP contribution is 2.39. The normalized spacial score (nSPS) is 16.2. The average Bonchev–Trinajstić information content (AvgIpc) is 2.94. The Labute approximate surface area is 220 Å². The number of likely N-dealkylation sites (tertiary alicyclic amines) is 1. The third-order valence-corrected chi connectivity index (χ3v) is 7.47. The number of methoxy groups -OCH3 is 1. The van der Waals surface area contributed by atoms with E-state index >= 15 is 0 Å². The molecule has 1 unspecified atom stereocenters. The fourth-order valence-corrected chi connectivity index (χ4v) is 5.06. The van der Waals surface area contributed by atoms with E-state index in [1.807, 2.05) is 18.2 Å². The minimum absolute atomic E-state index is 0.00202. The van der Waals surface area contributed by atoms with Gasteiger partial charge in [-0.05, 0) is 85.6 Å². The number of piperidine rings is 1. The second-order valence-electron chi connectivity index (χ2n) is 9.83. The number of ether oxygens (including phenoxy) is 1. The van der Waals surface area contributed by atoms with E-state index in [9.17, 15) is 23.4 Å². The van der Waals surface area contributed by atoms with E-state index in [1.165, 1.54) is 0 Å². The molecule has 0 saturated carbocycles. The highest BCUT2D eigenvalue weighted by atomic mass is 19.2. The van der Waals surface area contributed by atoms with Crippen LogP contribution in [0.15, 0.2) is 36.5 Å². The van der Waals surface area contributed by atoms with Crippen molar-refractivity contribution in [3.63, 3.8) is 0 Å². The van der Waals surface area contributed by atoms with Gasteiger partial charge in [0.1, 0.15) is 5.75 Å². The molecule has 38 heavy (non-hydrogen) atoms. The van der Waals surface area contributed by atoms with Gasteiger partial charge in [-0.15, -0.1) is 0 Å². The lowest BCUT2D eigenvalue weighted by Crippen LogP contribution is -2.42. The number of aromatic nitrogens is 1. The van der Waals surface area contributed by atoms with Crippen molar-refractivity contribution in [1.29, 1.82) is 0 Å². The number of pyridine rings is 1. The molecule has 9 heteroatoms. The molecule has 4 N–H and O–H groups in total.